The van der Waals surface area contributed by atoms with Crippen molar-refractivity contribution in [3.63, 3.8) is 0 Å². The summed E-state index contributed by atoms with van der Waals surface area (Å²) in [6, 6.07) is 8.10. The number of carbonyl (C=O) groups excluding carboxylic acids is 1. The highest BCUT2D eigenvalue weighted by Gasteiger charge is 2.35. The molecule has 5 heteroatoms. The Morgan fingerprint density at radius 1 is 1.12 bits per heavy atom. The fourth-order valence-corrected chi connectivity index (χ4v) is 3.06. The summed E-state index contributed by atoms with van der Waals surface area (Å²) in [5, 5.41) is 0. The van der Waals surface area contributed by atoms with E-state index < -0.39 is 0 Å². The molecule has 0 bridgehead atoms. The van der Waals surface area contributed by atoms with Crippen molar-refractivity contribution in [1.82, 2.24) is 19.8 Å². The molecule has 2 aromatic rings. The zero-order chi connectivity index (χ0) is 16.9. The largest absolute Gasteiger partial charge is 0.335 e. The zero-order valence-electron chi connectivity index (χ0n) is 14.3. The van der Waals surface area contributed by atoms with Gasteiger partial charge in [-0.2, -0.15) is 0 Å². The van der Waals surface area contributed by atoms with E-state index >= 15 is 0 Å². The van der Waals surface area contributed by atoms with E-state index in [2.05, 4.69) is 40.8 Å². The highest BCUT2D eigenvalue weighted by atomic mass is 16.2. The van der Waals surface area contributed by atoms with Gasteiger partial charge in [-0.25, -0.2) is 0 Å². The summed E-state index contributed by atoms with van der Waals surface area (Å²) >= 11 is 0. The molecule has 0 aliphatic carbocycles. The minimum Gasteiger partial charge on any atom is -0.335 e. The van der Waals surface area contributed by atoms with Gasteiger partial charge in [0.2, 0.25) is 0 Å². The van der Waals surface area contributed by atoms with Gasteiger partial charge in [0.05, 0.1) is 0 Å². The second-order valence-electron chi connectivity index (χ2n) is 6.78. The predicted molar refractivity (Wildman–Crippen MR) is 93.4 cm³/mol. The summed E-state index contributed by atoms with van der Waals surface area (Å²) < 4.78 is 0. The minimum atomic E-state index is 0.0991. The van der Waals surface area contributed by atoms with Crippen molar-refractivity contribution < 1.29 is 4.79 Å². The van der Waals surface area contributed by atoms with Gasteiger partial charge in [0.25, 0.3) is 5.91 Å². The summed E-state index contributed by atoms with van der Waals surface area (Å²) in [6.07, 6.45) is 7.00. The maximum absolute atomic E-state index is 12.4. The molecule has 0 N–H and O–H groups in total. The zero-order valence-corrected chi connectivity index (χ0v) is 14.3. The van der Waals surface area contributed by atoms with Gasteiger partial charge in [-0.15, -0.1) is 0 Å². The molecule has 5 nitrogen and oxygen atoms in total. The molecule has 1 fully saturated rings. The summed E-state index contributed by atoms with van der Waals surface area (Å²) in [7, 11) is 0. The molecule has 0 radical (unpaired) electrons. The molecule has 0 atom stereocenters. The average molecular weight is 324 g/mol. The number of likely N-dealkylation sites (tertiary alicyclic amines) is 1. The third-order valence-corrected chi connectivity index (χ3v) is 4.33. The molecule has 126 valence electrons. The lowest BCUT2D eigenvalue weighted by molar-refractivity contribution is 0.0197. The van der Waals surface area contributed by atoms with Gasteiger partial charge in [0, 0.05) is 62.6 Å². The topological polar surface area (TPSA) is 49.3 Å². The lowest BCUT2D eigenvalue weighted by atomic mass is 10.0. The summed E-state index contributed by atoms with van der Waals surface area (Å²) in [6.45, 7) is 7.99. The van der Waals surface area contributed by atoms with E-state index in [4.69, 9.17) is 0 Å². The lowest BCUT2D eigenvalue weighted by Gasteiger charge is -2.46. The van der Waals surface area contributed by atoms with Crippen molar-refractivity contribution in [1.29, 1.82) is 0 Å². The minimum absolute atomic E-state index is 0.0991. The molecule has 1 aliphatic heterocycles. The van der Waals surface area contributed by atoms with E-state index in [-0.39, 0.29) is 5.91 Å². The summed E-state index contributed by atoms with van der Waals surface area (Å²) in [5.41, 5.74) is 1.98. The molecular weight excluding hydrogens is 300 g/mol. The van der Waals surface area contributed by atoms with Gasteiger partial charge < -0.3 is 4.90 Å². The van der Waals surface area contributed by atoms with Crippen LogP contribution in [0.15, 0.2) is 49.1 Å². The number of hydrogen-bond donors (Lipinski definition) is 0. The first-order chi connectivity index (χ1) is 11.6. The quantitative estimate of drug-likeness (QED) is 0.819. The third kappa shape index (κ3) is 3.97. The fraction of sp³-hybridized carbons (Fsp3) is 0.421. The smallest absolute Gasteiger partial charge is 0.254 e. The van der Waals surface area contributed by atoms with Crippen LogP contribution < -0.4 is 0 Å². The van der Waals surface area contributed by atoms with Crippen LogP contribution in [0.1, 0.15) is 29.8 Å². The first-order valence-electron chi connectivity index (χ1n) is 8.45. The summed E-state index contributed by atoms with van der Waals surface area (Å²) in [4.78, 5) is 24.9. The summed E-state index contributed by atoms with van der Waals surface area (Å²) in [5.74, 6) is 0.693. The first kappa shape index (κ1) is 16.6. The van der Waals surface area contributed by atoms with Crippen molar-refractivity contribution in [2.24, 2.45) is 5.92 Å². The van der Waals surface area contributed by atoms with Crippen LogP contribution >= 0.6 is 0 Å². The molecule has 0 unspecified atom stereocenters. The molecule has 24 heavy (non-hydrogen) atoms. The van der Waals surface area contributed by atoms with E-state index in [0.717, 1.165) is 26.2 Å². The maximum Gasteiger partial charge on any atom is 0.254 e. The van der Waals surface area contributed by atoms with Crippen LogP contribution in [0.3, 0.4) is 0 Å². The third-order valence-electron chi connectivity index (χ3n) is 4.33. The Bertz CT molecular complexity index is 654. The van der Waals surface area contributed by atoms with Crippen molar-refractivity contribution in [3.8, 4) is 0 Å². The highest BCUT2D eigenvalue weighted by Crippen LogP contribution is 2.21. The van der Waals surface area contributed by atoms with Crippen LogP contribution in [0.2, 0.25) is 0 Å². The van der Waals surface area contributed by atoms with E-state index in [1.54, 1.807) is 24.5 Å². The van der Waals surface area contributed by atoms with Crippen molar-refractivity contribution >= 4 is 5.91 Å². The maximum atomic E-state index is 12.4. The molecule has 1 amide bonds. The van der Waals surface area contributed by atoms with E-state index in [1.807, 2.05) is 17.3 Å². The number of amides is 1. The van der Waals surface area contributed by atoms with Gasteiger partial charge in [0.15, 0.2) is 0 Å². The van der Waals surface area contributed by atoms with Crippen LogP contribution in [-0.2, 0) is 6.54 Å². The van der Waals surface area contributed by atoms with Crippen LogP contribution in [0.4, 0.5) is 0 Å². The van der Waals surface area contributed by atoms with Gasteiger partial charge >= 0.3 is 0 Å². The standard InChI is InChI=1S/C19H24N4O/c1-15(2)11-22(12-16-3-7-20-8-4-16)18-13-23(14-18)19(24)17-5-9-21-10-6-17/h3-10,15,18H,11-14H2,1-2H3. The number of nitrogens with zero attached hydrogens (tertiary/aromatic N) is 4. The Kier molecular flexibility index (Phi) is 5.20. The fourth-order valence-electron chi connectivity index (χ4n) is 3.06. The second kappa shape index (κ2) is 7.53. The van der Waals surface area contributed by atoms with Crippen LogP contribution in [0, 0.1) is 5.92 Å². The molecular formula is C19H24N4O. The van der Waals surface area contributed by atoms with Gasteiger partial charge in [0.1, 0.15) is 0 Å². The van der Waals surface area contributed by atoms with Crippen molar-refractivity contribution in [3.05, 3.63) is 60.2 Å². The van der Waals surface area contributed by atoms with E-state index in [1.165, 1.54) is 5.56 Å². The van der Waals surface area contributed by atoms with Crippen molar-refractivity contribution in [2.75, 3.05) is 19.6 Å². The van der Waals surface area contributed by atoms with Gasteiger partial charge in [-0.05, 0) is 35.7 Å². The van der Waals surface area contributed by atoms with Crippen LogP contribution in [0.25, 0.3) is 0 Å². The van der Waals surface area contributed by atoms with E-state index in [9.17, 15) is 4.79 Å². The van der Waals surface area contributed by atoms with Gasteiger partial charge in [-0.3, -0.25) is 19.7 Å². The number of aromatic nitrogens is 2. The van der Waals surface area contributed by atoms with Crippen molar-refractivity contribution in [2.45, 2.75) is 26.4 Å². The Labute approximate surface area is 143 Å². The van der Waals surface area contributed by atoms with Crippen LogP contribution in [-0.4, -0.2) is 51.4 Å². The van der Waals surface area contributed by atoms with Crippen LogP contribution in [0.5, 0.6) is 0 Å². The number of carbonyl (C=O) groups is 1. The number of pyridine rings is 2. The Hall–Kier alpha value is -2.27. The Balaban J connectivity index is 1.61. The Morgan fingerprint density at radius 3 is 2.29 bits per heavy atom. The second-order valence-corrected chi connectivity index (χ2v) is 6.78. The molecule has 1 aliphatic rings. The monoisotopic (exact) mass is 324 g/mol. The molecule has 0 aromatic carbocycles. The number of hydrogen-bond acceptors (Lipinski definition) is 4. The predicted octanol–water partition coefficient (Wildman–Crippen LogP) is 2.46. The average Bonchev–Trinajstić information content (AvgIpc) is 2.54. The first-order valence-corrected chi connectivity index (χ1v) is 8.45. The molecule has 3 rings (SSSR count). The number of rotatable bonds is 6. The molecule has 0 saturated carbocycles. The van der Waals surface area contributed by atoms with Gasteiger partial charge in [-0.1, -0.05) is 13.8 Å². The lowest BCUT2D eigenvalue weighted by Crippen LogP contribution is -2.61. The molecule has 0 spiro atoms. The molecule has 1 saturated heterocycles. The normalized spacial score (nSPS) is 14.9. The van der Waals surface area contributed by atoms with E-state index in [0.29, 0.717) is 17.5 Å². The Morgan fingerprint density at radius 2 is 1.71 bits per heavy atom. The highest BCUT2D eigenvalue weighted by molar-refractivity contribution is 5.94. The SMILES string of the molecule is CC(C)CN(Cc1ccncc1)C1CN(C(=O)c2ccncc2)C1. The molecule has 3 heterocycles. The molecule has 2 aromatic heterocycles.